The predicted octanol–water partition coefficient (Wildman–Crippen LogP) is -0.0137. The molecule has 0 radical (unpaired) electrons. The molecule has 0 unspecified atom stereocenters. The smallest absolute Gasteiger partial charge is 0.220 e. The number of anilines is 2. The van der Waals surface area contributed by atoms with Crippen LogP contribution in [0.1, 0.15) is 12.8 Å². The van der Waals surface area contributed by atoms with Crippen molar-refractivity contribution in [1.82, 2.24) is 9.97 Å². The highest BCUT2D eigenvalue weighted by atomic mass is 15.2. The Kier molecular flexibility index (Phi) is 2.49. The quantitative estimate of drug-likeness (QED) is 0.655. The number of rotatable bonds is 1. The van der Waals surface area contributed by atoms with Crippen LogP contribution in [-0.4, -0.2) is 29.1 Å². The Morgan fingerprint density at radius 3 is 2.36 bits per heavy atom. The molecule has 1 aromatic rings. The molecule has 1 fully saturated rings. The second kappa shape index (κ2) is 3.79. The number of nitrogens with two attached hydrogens (primary N) is 2. The highest BCUT2D eigenvalue weighted by Gasteiger charge is 2.16. The van der Waals surface area contributed by atoms with Gasteiger partial charge in [0.2, 0.25) is 5.95 Å². The third-order valence-corrected chi connectivity index (χ3v) is 2.56. The Morgan fingerprint density at radius 1 is 1.21 bits per heavy atom. The topological polar surface area (TPSA) is 81.1 Å². The highest BCUT2D eigenvalue weighted by Crippen LogP contribution is 2.17. The molecule has 14 heavy (non-hydrogen) atoms. The number of nitrogen functional groups attached to an aromatic ring is 1. The molecule has 4 N–H and O–H groups in total. The lowest BCUT2D eigenvalue weighted by atomic mass is 10.1. The Balaban J connectivity index is 2.05. The van der Waals surface area contributed by atoms with Crippen LogP contribution < -0.4 is 16.4 Å². The fourth-order valence-electron chi connectivity index (χ4n) is 1.65. The number of hydrogen-bond donors (Lipinski definition) is 2. The van der Waals surface area contributed by atoms with Crippen molar-refractivity contribution in [2.75, 3.05) is 23.7 Å². The fourth-order valence-corrected chi connectivity index (χ4v) is 1.65. The molecule has 0 saturated carbocycles. The molecule has 0 aliphatic carbocycles. The van der Waals surface area contributed by atoms with Crippen LogP contribution in [0, 0.1) is 0 Å². The molecule has 1 aliphatic rings. The molecule has 5 heteroatoms. The monoisotopic (exact) mass is 193 g/mol. The van der Waals surface area contributed by atoms with E-state index >= 15 is 0 Å². The predicted molar refractivity (Wildman–Crippen MR) is 55.9 cm³/mol. The zero-order valence-corrected chi connectivity index (χ0v) is 8.06. The van der Waals surface area contributed by atoms with Gasteiger partial charge in [0.25, 0.3) is 0 Å². The molecule has 5 nitrogen and oxygen atoms in total. The minimum absolute atomic E-state index is 0.322. The summed E-state index contributed by atoms with van der Waals surface area (Å²) < 4.78 is 0. The average Bonchev–Trinajstić information content (AvgIpc) is 2.21. The first-order valence-corrected chi connectivity index (χ1v) is 4.84. The Bertz CT molecular complexity index is 289. The third kappa shape index (κ3) is 1.93. The van der Waals surface area contributed by atoms with Crippen LogP contribution in [0.4, 0.5) is 11.6 Å². The molecule has 2 rings (SSSR count). The van der Waals surface area contributed by atoms with Crippen LogP contribution in [0.5, 0.6) is 0 Å². The van der Waals surface area contributed by atoms with Crippen LogP contribution in [0.3, 0.4) is 0 Å². The molecule has 0 amide bonds. The minimum atomic E-state index is 0.322. The van der Waals surface area contributed by atoms with Crippen molar-refractivity contribution >= 4 is 11.6 Å². The van der Waals surface area contributed by atoms with Crippen molar-refractivity contribution in [3.05, 3.63) is 12.4 Å². The first-order valence-electron chi connectivity index (χ1n) is 4.84. The van der Waals surface area contributed by atoms with Crippen LogP contribution in [-0.2, 0) is 0 Å². The molecule has 0 aromatic carbocycles. The van der Waals surface area contributed by atoms with E-state index in [1.165, 1.54) is 0 Å². The SMILES string of the molecule is Nc1ncc(N2CCC(N)CC2)cn1. The van der Waals surface area contributed by atoms with E-state index in [0.717, 1.165) is 31.6 Å². The van der Waals surface area contributed by atoms with E-state index in [1.54, 1.807) is 12.4 Å². The van der Waals surface area contributed by atoms with E-state index in [9.17, 15) is 0 Å². The summed E-state index contributed by atoms with van der Waals surface area (Å²) in [4.78, 5) is 10.2. The molecule has 0 bridgehead atoms. The Hall–Kier alpha value is -1.36. The standard InChI is InChI=1S/C9H15N5/c10-7-1-3-14(4-2-7)8-5-12-9(11)13-6-8/h5-7H,1-4,10H2,(H2,11,12,13). The summed E-state index contributed by atoms with van der Waals surface area (Å²) in [7, 11) is 0. The van der Waals surface area contributed by atoms with Crippen LogP contribution >= 0.6 is 0 Å². The maximum atomic E-state index is 5.82. The molecule has 1 aromatic heterocycles. The summed E-state index contributed by atoms with van der Waals surface area (Å²) in [6.07, 6.45) is 5.59. The van der Waals surface area contributed by atoms with E-state index < -0.39 is 0 Å². The van der Waals surface area contributed by atoms with Gasteiger partial charge in [-0.2, -0.15) is 0 Å². The zero-order chi connectivity index (χ0) is 9.97. The summed E-state index contributed by atoms with van der Waals surface area (Å²) >= 11 is 0. The lowest BCUT2D eigenvalue weighted by Crippen LogP contribution is -2.39. The summed E-state index contributed by atoms with van der Waals surface area (Å²) in [5.74, 6) is 0.322. The van der Waals surface area contributed by atoms with Gasteiger partial charge in [-0.3, -0.25) is 0 Å². The van der Waals surface area contributed by atoms with E-state index in [1.807, 2.05) is 0 Å². The van der Waals surface area contributed by atoms with Crippen molar-refractivity contribution in [2.24, 2.45) is 5.73 Å². The minimum Gasteiger partial charge on any atom is -0.369 e. The van der Waals surface area contributed by atoms with Crippen molar-refractivity contribution in [3.63, 3.8) is 0 Å². The molecule has 0 spiro atoms. The summed E-state index contributed by atoms with van der Waals surface area (Å²) in [6, 6.07) is 0.348. The van der Waals surface area contributed by atoms with Crippen LogP contribution in [0.15, 0.2) is 12.4 Å². The molecular weight excluding hydrogens is 178 g/mol. The van der Waals surface area contributed by atoms with E-state index in [2.05, 4.69) is 14.9 Å². The average molecular weight is 193 g/mol. The van der Waals surface area contributed by atoms with Gasteiger partial charge in [0.1, 0.15) is 0 Å². The molecule has 2 heterocycles. The first kappa shape index (κ1) is 9.21. The number of nitrogens with zero attached hydrogens (tertiary/aromatic N) is 3. The largest absolute Gasteiger partial charge is 0.369 e. The van der Waals surface area contributed by atoms with E-state index in [-0.39, 0.29) is 0 Å². The highest BCUT2D eigenvalue weighted by molar-refractivity contribution is 5.44. The van der Waals surface area contributed by atoms with Gasteiger partial charge >= 0.3 is 0 Å². The molecule has 1 aliphatic heterocycles. The van der Waals surface area contributed by atoms with Gasteiger partial charge in [0, 0.05) is 19.1 Å². The molecule has 76 valence electrons. The van der Waals surface area contributed by atoms with Crippen molar-refractivity contribution < 1.29 is 0 Å². The molecular formula is C9H15N5. The Morgan fingerprint density at radius 2 is 1.79 bits per heavy atom. The van der Waals surface area contributed by atoms with Gasteiger partial charge in [-0.1, -0.05) is 0 Å². The van der Waals surface area contributed by atoms with E-state index in [0.29, 0.717) is 12.0 Å². The lowest BCUT2D eigenvalue weighted by Gasteiger charge is -2.31. The Labute approximate surface area is 83.1 Å². The van der Waals surface area contributed by atoms with Gasteiger partial charge in [0.05, 0.1) is 18.1 Å². The second-order valence-corrected chi connectivity index (χ2v) is 3.62. The summed E-state index contributed by atoms with van der Waals surface area (Å²) in [6.45, 7) is 1.96. The van der Waals surface area contributed by atoms with Gasteiger partial charge in [-0.15, -0.1) is 0 Å². The van der Waals surface area contributed by atoms with Gasteiger partial charge in [-0.25, -0.2) is 9.97 Å². The maximum absolute atomic E-state index is 5.82. The van der Waals surface area contributed by atoms with Crippen molar-refractivity contribution in [3.8, 4) is 0 Å². The maximum Gasteiger partial charge on any atom is 0.220 e. The van der Waals surface area contributed by atoms with E-state index in [4.69, 9.17) is 11.5 Å². The number of hydrogen-bond acceptors (Lipinski definition) is 5. The fraction of sp³-hybridized carbons (Fsp3) is 0.556. The number of aromatic nitrogens is 2. The summed E-state index contributed by atoms with van der Waals surface area (Å²) in [5.41, 5.74) is 12.3. The number of piperidine rings is 1. The zero-order valence-electron chi connectivity index (χ0n) is 8.06. The lowest BCUT2D eigenvalue weighted by molar-refractivity contribution is 0.500. The van der Waals surface area contributed by atoms with Crippen LogP contribution in [0.2, 0.25) is 0 Å². The normalized spacial score (nSPS) is 18.5. The van der Waals surface area contributed by atoms with Gasteiger partial charge in [0.15, 0.2) is 0 Å². The van der Waals surface area contributed by atoms with Crippen LogP contribution in [0.25, 0.3) is 0 Å². The third-order valence-electron chi connectivity index (χ3n) is 2.56. The first-order chi connectivity index (χ1) is 6.75. The molecule has 0 atom stereocenters. The second-order valence-electron chi connectivity index (χ2n) is 3.62. The van der Waals surface area contributed by atoms with Crippen molar-refractivity contribution in [2.45, 2.75) is 18.9 Å². The summed E-state index contributed by atoms with van der Waals surface area (Å²) in [5, 5.41) is 0. The van der Waals surface area contributed by atoms with Crippen molar-refractivity contribution in [1.29, 1.82) is 0 Å². The van der Waals surface area contributed by atoms with Gasteiger partial charge < -0.3 is 16.4 Å². The van der Waals surface area contributed by atoms with Gasteiger partial charge in [-0.05, 0) is 12.8 Å². The molecule has 1 saturated heterocycles.